The van der Waals surface area contributed by atoms with E-state index in [-0.39, 0.29) is 0 Å². The molecule has 0 saturated carbocycles. The molecular formula is C9H13NO. The first-order valence-corrected chi connectivity index (χ1v) is 3.64. The average Bonchev–Trinajstić information content (AvgIpc) is 1.85. The molecule has 0 radical (unpaired) electrons. The number of hydrogen-bond donors (Lipinski definition) is 2. The van der Waals surface area contributed by atoms with Crippen LogP contribution in [0.25, 0.3) is 0 Å². The van der Waals surface area contributed by atoms with Gasteiger partial charge in [0.15, 0.2) is 0 Å². The predicted octanol–water partition coefficient (Wildman–Crippen LogP) is 1.31. The lowest BCUT2D eigenvalue weighted by Gasteiger charge is -2.13. The molecule has 2 heteroatoms. The molecule has 1 unspecified atom stereocenters. The Kier molecular flexibility index (Phi) is 2.49. The monoisotopic (exact) mass is 151 g/mol. The van der Waals surface area contributed by atoms with Gasteiger partial charge in [-0.2, -0.15) is 0 Å². The van der Waals surface area contributed by atoms with E-state index in [4.69, 9.17) is 5.11 Å². The first-order chi connectivity index (χ1) is 5.18. The summed E-state index contributed by atoms with van der Waals surface area (Å²) in [6, 6.07) is 0. The van der Waals surface area contributed by atoms with E-state index < -0.39 is 6.23 Å². The Hall–Kier alpha value is -1.02. The van der Waals surface area contributed by atoms with Crippen molar-refractivity contribution in [2.24, 2.45) is 0 Å². The van der Waals surface area contributed by atoms with Crippen molar-refractivity contribution in [2.45, 2.75) is 19.6 Å². The van der Waals surface area contributed by atoms with Crippen LogP contribution in [0.3, 0.4) is 0 Å². The highest BCUT2D eigenvalue weighted by Crippen LogP contribution is 2.12. The van der Waals surface area contributed by atoms with Crippen LogP contribution in [0.4, 0.5) is 0 Å². The van der Waals surface area contributed by atoms with E-state index in [0.29, 0.717) is 0 Å². The molecule has 0 aromatic heterocycles. The Labute approximate surface area is 66.9 Å². The summed E-state index contributed by atoms with van der Waals surface area (Å²) in [6.07, 6.45) is 5.79. The first-order valence-electron chi connectivity index (χ1n) is 3.64. The largest absolute Gasteiger partial charge is 0.370 e. The van der Waals surface area contributed by atoms with E-state index in [2.05, 4.69) is 11.9 Å². The number of nitrogens with one attached hydrogen (secondary N) is 1. The standard InChI is InChI=1S/C9H13NO/c1-7(2)5-8-3-4-10-9(11)6-8/h3-4,6,9-11H,1,5H2,2H3. The molecule has 0 fully saturated rings. The van der Waals surface area contributed by atoms with Crippen LogP contribution in [-0.4, -0.2) is 11.3 Å². The molecule has 1 heterocycles. The second-order valence-electron chi connectivity index (χ2n) is 2.82. The van der Waals surface area contributed by atoms with Crippen LogP contribution in [0.15, 0.2) is 36.1 Å². The van der Waals surface area contributed by atoms with Crippen molar-refractivity contribution in [3.63, 3.8) is 0 Å². The molecule has 1 rings (SSSR count). The predicted molar refractivity (Wildman–Crippen MR) is 45.8 cm³/mol. The van der Waals surface area contributed by atoms with Crippen molar-refractivity contribution in [2.75, 3.05) is 0 Å². The molecule has 2 N–H and O–H groups in total. The fourth-order valence-corrected chi connectivity index (χ4v) is 1.03. The van der Waals surface area contributed by atoms with Crippen LogP contribution in [0, 0.1) is 0 Å². The molecule has 11 heavy (non-hydrogen) atoms. The number of allylic oxidation sites excluding steroid dienone is 3. The minimum absolute atomic E-state index is 0.533. The highest BCUT2D eigenvalue weighted by molar-refractivity contribution is 5.27. The molecule has 0 bridgehead atoms. The summed E-state index contributed by atoms with van der Waals surface area (Å²) < 4.78 is 0. The SMILES string of the molecule is C=C(C)CC1=CC(O)NC=C1. The molecule has 1 aliphatic rings. The third kappa shape index (κ3) is 2.60. The van der Waals surface area contributed by atoms with Gasteiger partial charge in [0.2, 0.25) is 0 Å². The lowest BCUT2D eigenvalue weighted by Crippen LogP contribution is -2.23. The fourth-order valence-electron chi connectivity index (χ4n) is 1.03. The second kappa shape index (κ2) is 3.39. The van der Waals surface area contributed by atoms with Gasteiger partial charge in [-0.15, -0.1) is 0 Å². The molecule has 0 aromatic carbocycles. The fraction of sp³-hybridized carbons (Fsp3) is 0.333. The van der Waals surface area contributed by atoms with Crippen molar-refractivity contribution in [3.05, 3.63) is 36.1 Å². The maximum Gasteiger partial charge on any atom is 0.143 e. The Balaban J connectivity index is 2.57. The number of dihydropyridines is 1. The summed E-state index contributed by atoms with van der Waals surface area (Å²) in [7, 11) is 0. The summed E-state index contributed by atoms with van der Waals surface area (Å²) in [5.74, 6) is 0. The molecule has 1 aliphatic heterocycles. The van der Waals surface area contributed by atoms with Crippen LogP contribution in [0.1, 0.15) is 13.3 Å². The molecule has 60 valence electrons. The van der Waals surface area contributed by atoms with Crippen LogP contribution in [0.5, 0.6) is 0 Å². The van der Waals surface area contributed by atoms with Gasteiger partial charge in [0.25, 0.3) is 0 Å². The molecule has 2 nitrogen and oxygen atoms in total. The highest BCUT2D eigenvalue weighted by Gasteiger charge is 2.03. The zero-order chi connectivity index (χ0) is 8.27. The molecule has 0 aromatic rings. The zero-order valence-corrected chi connectivity index (χ0v) is 6.67. The van der Waals surface area contributed by atoms with Gasteiger partial charge in [0.05, 0.1) is 0 Å². The van der Waals surface area contributed by atoms with Crippen LogP contribution >= 0.6 is 0 Å². The third-order valence-electron chi connectivity index (χ3n) is 1.44. The smallest absolute Gasteiger partial charge is 0.143 e. The van der Waals surface area contributed by atoms with Gasteiger partial charge in [0.1, 0.15) is 6.23 Å². The minimum atomic E-state index is -0.533. The Morgan fingerprint density at radius 3 is 3.09 bits per heavy atom. The van der Waals surface area contributed by atoms with E-state index in [9.17, 15) is 0 Å². The van der Waals surface area contributed by atoms with Gasteiger partial charge in [0, 0.05) is 0 Å². The second-order valence-corrected chi connectivity index (χ2v) is 2.82. The molecule has 0 spiro atoms. The van der Waals surface area contributed by atoms with Crippen LogP contribution in [-0.2, 0) is 0 Å². The molecule has 0 aliphatic carbocycles. The molecule has 1 atom stereocenters. The van der Waals surface area contributed by atoms with Crippen molar-refractivity contribution in [3.8, 4) is 0 Å². The van der Waals surface area contributed by atoms with Crippen LogP contribution in [0.2, 0.25) is 0 Å². The third-order valence-corrected chi connectivity index (χ3v) is 1.44. The lowest BCUT2D eigenvalue weighted by atomic mass is 10.1. The average molecular weight is 151 g/mol. The number of rotatable bonds is 2. The van der Waals surface area contributed by atoms with Gasteiger partial charge in [-0.05, 0) is 37.3 Å². The zero-order valence-electron chi connectivity index (χ0n) is 6.67. The van der Waals surface area contributed by atoms with Gasteiger partial charge in [-0.3, -0.25) is 0 Å². The van der Waals surface area contributed by atoms with Crippen molar-refractivity contribution < 1.29 is 5.11 Å². The summed E-state index contributed by atoms with van der Waals surface area (Å²) in [6.45, 7) is 5.77. The topological polar surface area (TPSA) is 32.3 Å². The summed E-state index contributed by atoms with van der Waals surface area (Å²) in [5, 5.41) is 11.9. The van der Waals surface area contributed by atoms with E-state index in [1.807, 2.05) is 13.0 Å². The quantitative estimate of drug-likeness (QED) is 0.583. The highest BCUT2D eigenvalue weighted by atomic mass is 16.3. The number of hydrogen-bond acceptors (Lipinski definition) is 2. The van der Waals surface area contributed by atoms with E-state index in [1.54, 1.807) is 12.3 Å². The van der Waals surface area contributed by atoms with Crippen molar-refractivity contribution >= 4 is 0 Å². The molecule has 0 saturated heterocycles. The Morgan fingerprint density at radius 2 is 2.55 bits per heavy atom. The number of aliphatic hydroxyl groups excluding tert-OH is 1. The van der Waals surface area contributed by atoms with Crippen molar-refractivity contribution in [1.82, 2.24) is 5.32 Å². The normalized spacial score (nSPS) is 22.4. The lowest BCUT2D eigenvalue weighted by molar-refractivity contribution is 0.199. The van der Waals surface area contributed by atoms with E-state index >= 15 is 0 Å². The van der Waals surface area contributed by atoms with Gasteiger partial charge in [-0.1, -0.05) is 12.2 Å². The first kappa shape index (κ1) is 8.08. The Bertz CT molecular complexity index is 216. The van der Waals surface area contributed by atoms with Gasteiger partial charge in [-0.25, -0.2) is 0 Å². The molecular weight excluding hydrogens is 138 g/mol. The van der Waals surface area contributed by atoms with E-state index in [1.165, 1.54) is 0 Å². The Morgan fingerprint density at radius 1 is 1.82 bits per heavy atom. The van der Waals surface area contributed by atoms with E-state index in [0.717, 1.165) is 17.6 Å². The summed E-state index contributed by atoms with van der Waals surface area (Å²) >= 11 is 0. The maximum atomic E-state index is 9.12. The molecule has 0 amide bonds. The summed E-state index contributed by atoms with van der Waals surface area (Å²) in [4.78, 5) is 0. The minimum Gasteiger partial charge on any atom is -0.370 e. The summed E-state index contributed by atoms with van der Waals surface area (Å²) in [5.41, 5.74) is 2.22. The van der Waals surface area contributed by atoms with Gasteiger partial charge >= 0.3 is 0 Å². The number of aliphatic hydroxyl groups is 1. The van der Waals surface area contributed by atoms with Crippen molar-refractivity contribution in [1.29, 1.82) is 0 Å². The maximum absolute atomic E-state index is 9.12. The van der Waals surface area contributed by atoms with Gasteiger partial charge < -0.3 is 10.4 Å². The van der Waals surface area contributed by atoms with Crippen LogP contribution < -0.4 is 5.32 Å².